The topological polar surface area (TPSA) is 49.4 Å². The van der Waals surface area contributed by atoms with Crippen LogP contribution in [-0.4, -0.2) is 39.1 Å². The van der Waals surface area contributed by atoms with E-state index in [1.165, 1.54) is 9.87 Å². The van der Waals surface area contributed by atoms with Crippen LogP contribution in [0.25, 0.3) is 0 Å². The highest BCUT2D eigenvalue weighted by atomic mass is 32.2. The van der Waals surface area contributed by atoms with Crippen LogP contribution in [0.2, 0.25) is 0 Å². The van der Waals surface area contributed by atoms with E-state index in [9.17, 15) is 8.42 Å². The molecule has 4 nitrogen and oxygen atoms in total. The Bertz CT molecular complexity index is 440. The quantitative estimate of drug-likeness (QED) is 0.825. The number of rotatable bonds is 6. The first kappa shape index (κ1) is 14.2. The van der Waals surface area contributed by atoms with Gasteiger partial charge in [-0.1, -0.05) is 29.8 Å². The van der Waals surface area contributed by atoms with E-state index in [4.69, 9.17) is 0 Å². The molecule has 1 aromatic carbocycles. The van der Waals surface area contributed by atoms with Gasteiger partial charge < -0.3 is 5.32 Å². The van der Waals surface area contributed by atoms with Crippen LogP contribution in [0, 0.1) is 6.92 Å². The summed E-state index contributed by atoms with van der Waals surface area (Å²) in [5, 5.41) is 2.84. The first-order chi connectivity index (χ1) is 7.95. The number of hydrogen-bond acceptors (Lipinski definition) is 3. The second kappa shape index (κ2) is 6.14. The maximum absolute atomic E-state index is 11.8. The SMILES string of the molecule is CNCCS(=O)(=O)N(C)Cc1ccc(C)cc1. The van der Waals surface area contributed by atoms with Gasteiger partial charge in [-0.05, 0) is 19.5 Å². The molecule has 1 aromatic rings. The van der Waals surface area contributed by atoms with Gasteiger partial charge in [0, 0.05) is 20.1 Å². The van der Waals surface area contributed by atoms with Crippen LogP contribution in [0.5, 0.6) is 0 Å². The predicted octanol–water partition coefficient (Wildman–Crippen LogP) is 0.976. The van der Waals surface area contributed by atoms with Crippen molar-refractivity contribution in [3.63, 3.8) is 0 Å². The minimum absolute atomic E-state index is 0.131. The number of sulfonamides is 1. The van der Waals surface area contributed by atoms with E-state index in [1.807, 2.05) is 31.2 Å². The van der Waals surface area contributed by atoms with Crippen molar-refractivity contribution in [2.24, 2.45) is 0 Å². The monoisotopic (exact) mass is 256 g/mol. The summed E-state index contributed by atoms with van der Waals surface area (Å²) >= 11 is 0. The van der Waals surface area contributed by atoms with Crippen LogP contribution in [0.1, 0.15) is 11.1 Å². The fraction of sp³-hybridized carbons (Fsp3) is 0.500. The molecule has 5 heteroatoms. The summed E-state index contributed by atoms with van der Waals surface area (Å²) in [5.41, 5.74) is 2.18. The van der Waals surface area contributed by atoms with Crippen LogP contribution >= 0.6 is 0 Å². The Balaban J connectivity index is 2.65. The van der Waals surface area contributed by atoms with Crippen molar-refractivity contribution in [2.75, 3.05) is 26.4 Å². The van der Waals surface area contributed by atoms with E-state index in [-0.39, 0.29) is 5.75 Å². The molecule has 1 N–H and O–H groups in total. The minimum Gasteiger partial charge on any atom is -0.319 e. The van der Waals surface area contributed by atoms with E-state index in [1.54, 1.807) is 14.1 Å². The average molecular weight is 256 g/mol. The number of nitrogens with one attached hydrogen (secondary N) is 1. The molecule has 0 amide bonds. The minimum atomic E-state index is -3.16. The second-order valence-electron chi connectivity index (χ2n) is 4.16. The number of benzene rings is 1. The Morgan fingerprint density at radius 1 is 1.24 bits per heavy atom. The van der Waals surface area contributed by atoms with Crippen LogP contribution in [-0.2, 0) is 16.6 Å². The zero-order chi connectivity index (χ0) is 12.9. The lowest BCUT2D eigenvalue weighted by Gasteiger charge is -2.17. The third-order valence-electron chi connectivity index (χ3n) is 2.61. The van der Waals surface area contributed by atoms with Gasteiger partial charge in [-0.3, -0.25) is 0 Å². The van der Waals surface area contributed by atoms with Gasteiger partial charge in [-0.25, -0.2) is 12.7 Å². The van der Waals surface area contributed by atoms with Crippen LogP contribution < -0.4 is 5.32 Å². The number of hydrogen-bond donors (Lipinski definition) is 1. The summed E-state index contributed by atoms with van der Waals surface area (Å²) in [6, 6.07) is 7.89. The average Bonchev–Trinajstić information content (AvgIpc) is 2.29. The Morgan fingerprint density at radius 2 is 1.82 bits per heavy atom. The van der Waals surface area contributed by atoms with Crippen molar-refractivity contribution in [2.45, 2.75) is 13.5 Å². The van der Waals surface area contributed by atoms with Gasteiger partial charge in [0.1, 0.15) is 0 Å². The molecular formula is C12H20N2O2S. The lowest BCUT2D eigenvalue weighted by atomic mass is 10.1. The van der Waals surface area contributed by atoms with Crippen LogP contribution in [0.4, 0.5) is 0 Å². The molecule has 0 bridgehead atoms. The third kappa shape index (κ3) is 4.46. The van der Waals surface area contributed by atoms with Crippen molar-refractivity contribution in [1.82, 2.24) is 9.62 Å². The molecule has 0 aliphatic heterocycles. The smallest absolute Gasteiger partial charge is 0.215 e. The van der Waals surface area contributed by atoms with E-state index < -0.39 is 10.0 Å². The van der Waals surface area contributed by atoms with E-state index in [0.717, 1.165) is 5.56 Å². The molecule has 0 spiro atoms. The van der Waals surface area contributed by atoms with Crippen LogP contribution in [0.15, 0.2) is 24.3 Å². The fourth-order valence-electron chi connectivity index (χ4n) is 1.44. The molecule has 96 valence electrons. The molecule has 0 radical (unpaired) electrons. The van der Waals surface area contributed by atoms with Crippen molar-refractivity contribution in [3.8, 4) is 0 Å². The normalized spacial score (nSPS) is 12.0. The lowest BCUT2D eigenvalue weighted by molar-refractivity contribution is 0.466. The summed E-state index contributed by atoms with van der Waals surface area (Å²) in [4.78, 5) is 0. The first-order valence-corrected chi connectivity index (χ1v) is 7.21. The largest absolute Gasteiger partial charge is 0.319 e. The van der Waals surface area contributed by atoms with Crippen molar-refractivity contribution in [3.05, 3.63) is 35.4 Å². The number of aryl methyl sites for hydroxylation is 1. The molecule has 0 saturated heterocycles. The zero-order valence-corrected chi connectivity index (χ0v) is 11.4. The molecular weight excluding hydrogens is 236 g/mol. The molecule has 0 heterocycles. The standard InChI is InChI=1S/C12H20N2O2S/c1-11-4-6-12(7-5-11)10-14(3)17(15,16)9-8-13-2/h4-7,13H,8-10H2,1-3H3. The summed E-state index contributed by atoms with van der Waals surface area (Å²) in [6.07, 6.45) is 0. The summed E-state index contributed by atoms with van der Waals surface area (Å²) in [7, 11) is 0.202. The highest BCUT2D eigenvalue weighted by Crippen LogP contribution is 2.08. The molecule has 0 unspecified atom stereocenters. The summed E-state index contributed by atoms with van der Waals surface area (Å²) in [5.74, 6) is 0.131. The predicted molar refractivity (Wildman–Crippen MR) is 70.4 cm³/mol. The Labute approximate surface area is 104 Å². The Morgan fingerprint density at radius 3 is 2.35 bits per heavy atom. The molecule has 0 aromatic heterocycles. The van der Waals surface area contributed by atoms with Gasteiger partial charge in [0.15, 0.2) is 0 Å². The van der Waals surface area contributed by atoms with Gasteiger partial charge in [0.2, 0.25) is 10.0 Å². The van der Waals surface area contributed by atoms with E-state index >= 15 is 0 Å². The second-order valence-corrected chi connectivity index (χ2v) is 6.36. The summed E-state index contributed by atoms with van der Waals surface area (Å²) < 4.78 is 25.1. The molecule has 17 heavy (non-hydrogen) atoms. The highest BCUT2D eigenvalue weighted by Gasteiger charge is 2.16. The van der Waals surface area contributed by atoms with Gasteiger partial charge in [-0.2, -0.15) is 0 Å². The first-order valence-electron chi connectivity index (χ1n) is 5.60. The van der Waals surface area contributed by atoms with E-state index in [0.29, 0.717) is 13.1 Å². The Kier molecular flexibility index (Phi) is 5.11. The molecule has 1 rings (SSSR count). The number of nitrogens with zero attached hydrogens (tertiary/aromatic N) is 1. The van der Waals surface area contributed by atoms with Gasteiger partial charge in [-0.15, -0.1) is 0 Å². The van der Waals surface area contributed by atoms with Gasteiger partial charge in [0.05, 0.1) is 5.75 Å². The molecule has 0 aliphatic rings. The zero-order valence-electron chi connectivity index (χ0n) is 10.6. The highest BCUT2D eigenvalue weighted by molar-refractivity contribution is 7.89. The Hall–Kier alpha value is -0.910. The molecule has 0 saturated carbocycles. The van der Waals surface area contributed by atoms with Gasteiger partial charge in [0.25, 0.3) is 0 Å². The maximum Gasteiger partial charge on any atom is 0.215 e. The van der Waals surface area contributed by atoms with Crippen molar-refractivity contribution in [1.29, 1.82) is 0 Å². The molecule has 0 fully saturated rings. The van der Waals surface area contributed by atoms with E-state index in [2.05, 4.69) is 5.32 Å². The van der Waals surface area contributed by atoms with Crippen molar-refractivity contribution < 1.29 is 8.42 Å². The van der Waals surface area contributed by atoms with Crippen LogP contribution in [0.3, 0.4) is 0 Å². The lowest BCUT2D eigenvalue weighted by Crippen LogP contribution is -2.32. The van der Waals surface area contributed by atoms with Crippen molar-refractivity contribution >= 4 is 10.0 Å². The maximum atomic E-state index is 11.8. The van der Waals surface area contributed by atoms with Gasteiger partial charge >= 0.3 is 0 Å². The molecule has 0 aliphatic carbocycles. The third-order valence-corrected chi connectivity index (χ3v) is 4.41. The molecule has 0 atom stereocenters. The fourth-order valence-corrected chi connectivity index (χ4v) is 2.56. The summed E-state index contributed by atoms with van der Waals surface area (Å²) in [6.45, 7) is 2.91.